The van der Waals surface area contributed by atoms with Gasteiger partial charge in [-0.2, -0.15) is 0 Å². The maximum Gasteiger partial charge on any atom is 0.261 e. The average molecular weight is 253 g/mol. The molecule has 0 atom stereocenters. The third-order valence-electron chi connectivity index (χ3n) is 2.28. The van der Waals surface area contributed by atoms with Crippen molar-refractivity contribution in [1.29, 1.82) is 0 Å². The predicted octanol–water partition coefficient (Wildman–Crippen LogP) is 2.07. The van der Waals surface area contributed by atoms with Crippen LogP contribution in [-0.2, 0) is 0 Å². The molecule has 0 aliphatic carbocycles. The Labute approximate surface area is 89.5 Å². The number of aryl methyl sites for hydroxylation is 1. The third kappa shape index (κ3) is 1.26. The van der Waals surface area contributed by atoms with Gasteiger partial charge < -0.3 is 0 Å². The molecule has 0 unspecified atom stereocenters. The van der Waals surface area contributed by atoms with Crippen molar-refractivity contribution in [2.45, 2.75) is 13.8 Å². The fourth-order valence-electron chi connectivity index (χ4n) is 1.32. The molecule has 0 aromatic carbocycles. The molecule has 2 aromatic rings. The summed E-state index contributed by atoms with van der Waals surface area (Å²) in [5.74, 6) is 0. The monoisotopic (exact) mass is 252 g/mol. The topological polar surface area (TPSA) is 34.4 Å². The molecule has 4 heteroatoms. The van der Waals surface area contributed by atoms with E-state index < -0.39 is 0 Å². The zero-order valence-corrected chi connectivity index (χ0v) is 9.50. The van der Waals surface area contributed by atoms with E-state index in [1.807, 2.05) is 19.1 Å². The Morgan fingerprint density at radius 3 is 2.86 bits per heavy atom. The van der Waals surface area contributed by atoms with Crippen molar-refractivity contribution in [2.75, 3.05) is 0 Å². The molecule has 2 heterocycles. The zero-order valence-electron chi connectivity index (χ0n) is 7.91. The molecule has 0 spiro atoms. The number of rotatable bonds is 0. The Morgan fingerprint density at radius 1 is 1.43 bits per heavy atom. The Morgan fingerprint density at radius 2 is 2.14 bits per heavy atom. The highest BCUT2D eigenvalue weighted by molar-refractivity contribution is 9.10. The summed E-state index contributed by atoms with van der Waals surface area (Å²) in [6.07, 6.45) is 1.72. The van der Waals surface area contributed by atoms with Gasteiger partial charge in [0.25, 0.3) is 5.56 Å². The fraction of sp³-hybridized carbons (Fsp3) is 0.200. The molecule has 0 radical (unpaired) electrons. The summed E-state index contributed by atoms with van der Waals surface area (Å²) in [7, 11) is 0. The first-order chi connectivity index (χ1) is 6.61. The van der Waals surface area contributed by atoms with Crippen LogP contribution in [0, 0.1) is 13.8 Å². The molecule has 2 rings (SSSR count). The van der Waals surface area contributed by atoms with E-state index in [0.717, 1.165) is 10.2 Å². The van der Waals surface area contributed by atoms with Gasteiger partial charge in [-0.25, -0.2) is 4.98 Å². The van der Waals surface area contributed by atoms with Gasteiger partial charge in [0.05, 0.1) is 4.47 Å². The van der Waals surface area contributed by atoms with E-state index >= 15 is 0 Å². The van der Waals surface area contributed by atoms with E-state index in [0.29, 0.717) is 11.2 Å². The van der Waals surface area contributed by atoms with Gasteiger partial charge in [0.1, 0.15) is 0 Å². The van der Waals surface area contributed by atoms with Gasteiger partial charge in [0.2, 0.25) is 0 Å². The van der Waals surface area contributed by atoms with Crippen LogP contribution in [0.1, 0.15) is 11.3 Å². The van der Waals surface area contributed by atoms with Gasteiger partial charge in [-0.15, -0.1) is 0 Å². The van der Waals surface area contributed by atoms with Crippen molar-refractivity contribution < 1.29 is 0 Å². The minimum absolute atomic E-state index is 0.00574. The van der Waals surface area contributed by atoms with Crippen LogP contribution < -0.4 is 5.56 Å². The van der Waals surface area contributed by atoms with Crippen LogP contribution in [0.3, 0.4) is 0 Å². The molecule has 0 fully saturated rings. The van der Waals surface area contributed by atoms with Crippen molar-refractivity contribution in [3.05, 3.63) is 44.4 Å². The zero-order chi connectivity index (χ0) is 10.3. The maximum atomic E-state index is 11.8. The number of aromatic nitrogens is 2. The van der Waals surface area contributed by atoms with Crippen molar-refractivity contribution >= 4 is 21.6 Å². The van der Waals surface area contributed by atoms with E-state index in [1.54, 1.807) is 17.5 Å². The smallest absolute Gasteiger partial charge is 0.261 e. The normalized spacial score (nSPS) is 10.8. The molecule has 0 saturated heterocycles. The molecule has 14 heavy (non-hydrogen) atoms. The minimum Gasteiger partial charge on any atom is -0.269 e. The summed E-state index contributed by atoms with van der Waals surface area (Å²) in [6.45, 7) is 3.63. The van der Waals surface area contributed by atoms with E-state index in [2.05, 4.69) is 20.9 Å². The summed E-state index contributed by atoms with van der Waals surface area (Å²) in [6, 6.07) is 3.69. The number of nitrogens with zero attached hydrogens (tertiary/aromatic N) is 2. The van der Waals surface area contributed by atoms with Crippen LogP contribution in [0.4, 0.5) is 0 Å². The molecule has 72 valence electrons. The largest absolute Gasteiger partial charge is 0.269 e. The van der Waals surface area contributed by atoms with Gasteiger partial charge >= 0.3 is 0 Å². The van der Waals surface area contributed by atoms with Crippen LogP contribution in [0.25, 0.3) is 5.65 Å². The Hall–Kier alpha value is -1.16. The van der Waals surface area contributed by atoms with Crippen molar-refractivity contribution in [2.24, 2.45) is 0 Å². The van der Waals surface area contributed by atoms with Crippen molar-refractivity contribution in [1.82, 2.24) is 9.38 Å². The first kappa shape index (κ1) is 9.40. The molecule has 0 bridgehead atoms. The molecule has 0 aliphatic heterocycles. The maximum absolute atomic E-state index is 11.8. The predicted molar refractivity (Wildman–Crippen MR) is 58.6 cm³/mol. The molecular formula is C10H9BrN2O. The highest BCUT2D eigenvalue weighted by atomic mass is 79.9. The van der Waals surface area contributed by atoms with Gasteiger partial charge in [-0.05, 0) is 41.9 Å². The summed E-state index contributed by atoms with van der Waals surface area (Å²) in [5.41, 5.74) is 2.14. The second-order valence-corrected chi connectivity index (χ2v) is 4.03. The highest BCUT2D eigenvalue weighted by Gasteiger charge is 2.06. The lowest BCUT2D eigenvalue weighted by atomic mass is 10.2. The number of pyridine rings is 1. The Balaban J connectivity index is 3.06. The quantitative estimate of drug-likeness (QED) is 0.720. The standard InChI is InChI=1S/C10H9BrN2O/c1-6-7(2)12-9-8(11)4-3-5-13(9)10(6)14/h3-5H,1-2H3. The first-order valence-corrected chi connectivity index (χ1v) is 5.04. The lowest BCUT2D eigenvalue weighted by Crippen LogP contribution is -2.19. The molecule has 2 aromatic heterocycles. The van der Waals surface area contributed by atoms with Crippen LogP contribution in [0.15, 0.2) is 27.6 Å². The minimum atomic E-state index is -0.00574. The van der Waals surface area contributed by atoms with E-state index in [1.165, 1.54) is 0 Å². The number of halogens is 1. The number of fused-ring (bicyclic) bond motifs is 1. The second kappa shape index (κ2) is 3.20. The molecule has 0 saturated carbocycles. The Bertz CT molecular complexity index is 560. The van der Waals surface area contributed by atoms with Crippen LogP contribution >= 0.6 is 15.9 Å². The summed E-state index contributed by atoms with van der Waals surface area (Å²) < 4.78 is 2.38. The number of hydrogen-bond acceptors (Lipinski definition) is 2. The molecule has 3 nitrogen and oxygen atoms in total. The van der Waals surface area contributed by atoms with Crippen molar-refractivity contribution in [3.8, 4) is 0 Å². The lowest BCUT2D eigenvalue weighted by molar-refractivity contribution is 0.979. The third-order valence-corrected chi connectivity index (χ3v) is 2.89. The van der Waals surface area contributed by atoms with E-state index in [4.69, 9.17) is 0 Å². The van der Waals surface area contributed by atoms with E-state index in [9.17, 15) is 4.79 Å². The Kier molecular flexibility index (Phi) is 2.15. The summed E-state index contributed by atoms with van der Waals surface area (Å²) in [4.78, 5) is 16.2. The highest BCUT2D eigenvalue weighted by Crippen LogP contribution is 2.14. The number of hydrogen-bond donors (Lipinski definition) is 0. The van der Waals surface area contributed by atoms with E-state index in [-0.39, 0.29) is 5.56 Å². The molecule has 0 N–H and O–H groups in total. The van der Waals surface area contributed by atoms with Crippen LogP contribution in [-0.4, -0.2) is 9.38 Å². The lowest BCUT2D eigenvalue weighted by Gasteiger charge is -2.05. The van der Waals surface area contributed by atoms with Gasteiger partial charge in [-0.1, -0.05) is 0 Å². The summed E-state index contributed by atoms with van der Waals surface area (Å²) >= 11 is 3.37. The molecular weight excluding hydrogens is 244 g/mol. The van der Waals surface area contributed by atoms with Gasteiger partial charge in [0.15, 0.2) is 5.65 Å². The van der Waals surface area contributed by atoms with Gasteiger partial charge in [0, 0.05) is 17.5 Å². The fourth-order valence-corrected chi connectivity index (χ4v) is 1.76. The van der Waals surface area contributed by atoms with Crippen molar-refractivity contribution in [3.63, 3.8) is 0 Å². The summed E-state index contributed by atoms with van der Waals surface area (Å²) in [5, 5.41) is 0. The first-order valence-electron chi connectivity index (χ1n) is 4.25. The van der Waals surface area contributed by atoms with Gasteiger partial charge in [-0.3, -0.25) is 9.20 Å². The molecule has 0 amide bonds. The second-order valence-electron chi connectivity index (χ2n) is 3.18. The SMILES string of the molecule is Cc1nc2c(Br)cccn2c(=O)c1C. The van der Waals surface area contributed by atoms with Crippen LogP contribution in [0.5, 0.6) is 0 Å². The average Bonchev–Trinajstić information content (AvgIpc) is 2.17. The molecule has 0 aliphatic rings. The van der Waals surface area contributed by atoms with Crippen LogP contribution in [0.2, 0.25) is 0 Å².